The summed E-state index contributed by atoms with van der Waals surface area (Å²) in [5, 5.41) is 2.45. The van der Waals surface area contributed by atoms with Gasteiger partial charge in [0.2, 0.25) is 0 Å². The first-order valence-corrected chi connectivity index (χ1v) is 5.72. The second-order valence-corrected chi connectivity index (χ2v) is 5.26. The number of anilines is 1. The van der Waals surface area contributed by atoms with Crippen molar-refractivity contribution in [1.82, 2.24) is 4.98 Å². The van der Waals surface area contributed by atoms with Crippen LogP contribution in [0.5, 0.6) is 0 Å². The van der Waals surface area contributed by atoms with Gasteiger partial charge in [0.15, 0.2) is 6.29 Å². The molecule has 1 N–H and O–H groups in total. The van der Waals surface area contributed by atoms with Gasteiger partial charge >= 0.3 is 6.09 Å². The van der Waals surface area contributed by atoms with Gasteiger partial charge in [-0.15, -0.1) is 0 Å². The molecule has 0 atom stereocenters. The molecule has 92 valence electrons. The smallest absolute Gasteiger partial charge is 0.413 e. The number of ether oxygens (including phenoxy) is 1. The highest BCUT2D eigenvalue weighted by atomic mass is 79.9. The lowest BCUT2D eigenvalue weighted by Crippen LogP contribution is -2.27. The summed E-state index contributed by atoms with van der Waals surface area (Å²) in [6, 6.07) is 3.13. The van der Waals surface area contributed by atoms with E-state index in [0.29, 0.717) is 10.8 Å². The molecule has 0 saturated heterocycles. The second-order valence-electron chi connectivity index (χ2n) is 4.34. The van der Waals surface area contributed by atoms with Gasteiger partial charge in [0.05, 0.1) is 0 Å². The molecule has 1 aromatic rings. The van der Waals surface area contributed by atoms with Crippen LogP contribution in [0.1, 0.15) is 31.3 Å². The molecule has 0 unspecified atom stereocenters. The second kappa shape index (κ2) is 5.27. The Morgan fingerprint density at radius 2 is 2.12 bits per heavy atom. The Bertz CT molecular complexity index is 441. The molecule has 0 spiro atoms. The summed E-state index contributed by atoms with van der Waals surface area (Å²) < 4.78 is 5.71. The SMILES string of the molecule is CC(C)(C)OC(=O)Nc1cc(Br)cc(C=O)n1. The lowest BCUT2D eigenvalue weighted by Gasteiger charge is -2.19. The lowest BCUT2D eigenvalue weighted by atomic mass is 10.2. The van der Waals surface area contributed by atoms with Crippen molar-refractivity contribution in [1.29, 1.82) is 0 Å². The van der Waals surface area contributed by atoms with Gasteiger partial charge in [-0.1, -0.05) is 15.9 Å². The molecule has 6 heteroatoms. The van der Waals surface area contributed by atoms with Crippen LogP contribution in [-0.4, -0.2) is 23.0 Å². The molecule has 1 heterocycles. The van der Waals surface area contributed by atoms with Crippen molar-refractivity contribution in [3.05, 3.63) is 22.3 Å². The van der Waals surface area contributed by atoms with Crippen LogP contribution in [0.2, 0.25) is 0 Å². The minimum atomic E-state index is -0.611. The van der Waals surface area contributed by atoms with Crippen molar-refractivity contribution in [2.75, 3.05) is 5.32 Å². The molecular formula is C11H13BrN2O3. The maximum absolute atomic E-state index is 11.5. The first-order valence-electron chi connectivity index (χ1n) is 4.93. The summed E-state index contributed by atoms with van der Waals surface area (Å²) in [6.45, 7) is 5.29. The molecule has 5 nitrogen and oxygen atoms in total. The summed E-state index contributed by atoms with van der Waals surface area (Å²) >= 11 is 3.21. The van der Waals surface area contributed by atoms with Crippen molar-refractivity contribution < 1.29 is 14.3 Å². The van der Waals surface area contributed by atoms with E-state index < -0.39 is 11.7 Å². The normalized spacial score (nSPS) is 10.8. The van der Waals surface area contributed by atoms with E-state index in [1.165, 1.54) is 0 Å². The van der Waals surface area contributed by atoms with Crippen LogP contribution in [0, 0.1) is 0 Å². The van der Waals surface area contributed by atoms with Crippen LogP contribution >= 0.6 is 15.9 Å². The molecule has 17 heavy (non-hydrogen) atoms. The zero-order valence-corrected chi connectivity index (χ0v) is 11.4. The van der Waals surface area contributed by atoms with Crippen LogP contribution in [-0.2, 0) is 4.74 Å². The van der Waals surface area contributed by atoms with E-state index >= 15 is 0 Å². The highest BCUT2D eigenvalue weighted by Gasteiger charge is 2.16. The fourth-order valence-electron chi connectivity index (χ4n) is 1.05. The molecule has 0 aromatic carbocycles. The molecule has 0 fully saturated rings. The average Bonchev–Trinajstić information content (AvgIpc) is 2.13. The highest BCUT2D eigenvalue weighted by Crippen LogP contribution is 2.16. The summed E-state index contributed by atoms with van der Waals surface area (Å²) in [4.78, 5) is 26.0. The van der Waals surface area contributed by atoms with Crippen molar-refractivity contribution in [3.63, 3.8) is 0 Å². The number of aldehydes is 1. The van der Waals surface area contributed by atoms with Crippen LogP contribution in [0.25, 0.3) is 0 Å². The molecule has 0 saturated carbocycles. The van der Waals surface area contributed by atoms with Gasteiger partial charge in [-0.25, -0.2) is 9.78 Å². The first-order chi connectivity index (χ1) is 7.80. The van der Waals surface area contributed by atoms with Crippen LogP contribution in [0.3, 0.4) is 0 Å². The standard InChI is InChI=1S/C11H13BrN2O3/c1-11(2,3)17-10(16)14-9-5-7(12)4-8(6-15)13-9/h4-6H,1-3H3,(H,13,14,16). The van der Waals surface area contributed by atoms with Crippen molar-refractivity contribution in [2.24, 2.45) is 0 Å². The van der Waals surface area contributed by atoms with Crippen LogP contribution < -0.4 is 5.32 Å². The topological polar surface area (TPSA) is 68.3 Å². The predicted molar refractivity (Wildman–Crippen MR) is 67.2 cm³/mol. The molecule has 0 bridgehead atoms. The highest BCUT2D eigenvalue weighted by molar-refractivity contribution is 9.10. The number of hydrogen-bond acceptors (Lipinski definition) is 4. The number of carbonyl (C=O) groups excluding carboxylic acids is 2. The number of aromatic nitrogens is 1. The van der Waals surface area contributed by atoms with E-state index in [1.54, 1.807) is 32.9 Å². The monoisotopic (exact) mass is 300 g/mol. The van der Waals surface area contributed by atoms with E-state index in [4.69, 9.17) is 4.74 Å². The third-order valence-electron chi connectivity index (χ3n) is 1.56. The van der Waals surface area contributed by atoms with Gasteiger partial charge < -0.3 is 4.74 Å². The zero-order chi connectivity index (χ0) is 13.1. The Morgan fingerprint density at radius 3 is 2.65 bits per heavy atom. The van der Waals surface area contributed by atoms with E-state index in [2.05, 4.69) is 26.2 Å². The zero-order valence-electron chi connectivity index (χ0n) is 9.78. The predicted octanol–water partition coefficient (Wildman–Crippen LogP) is 3.00. The minimum Gasteiger partial charge on any atom is -0.444 e. The summed E-state index contributed by atoms with van der Waals surface area (Å²) in [5.41, 5.74) is -0.353. The maximum atomic E-state index is 11.5. The number of nitrogens with one attached hydrogen (secondary N) is 1. The Hall–Kier alpha value is -1.43. The lowest BCUT2D eigenvalue weighted by molar-refractivity contribution is 0.0635. The molecule has 0 radical (unpaired) electrons. The Morgan fingerprint density at radius 1 is 1.47 bits per heavy atom. The first kappa shape index (κ1) is 13.6. The Balaban J connectivity index is 2.78. The Kier molecular flexibility index (Phi) is 4.22. The third kappa shape index (κ3) is 4.95. The number of pyridine rings is 1. The molecule has 1 amide bonds. The molecule has 0 aliphatic rings. The number of nitrogens with zero attached hydrogens (tertiary/aromatic N) is 1. The van der Waals surface area contributed by atoms with E-state index in [9.17, 15) is 9.59 Å². The van der Waals surface area contributed by atoms with E-state index in [1.807, 2.05) is 0 Å². The number of rotatable bonds is 2. The van der Waals surface area contributed by atoms with Crippen LogP contribution in [0.4, 0.5) is 10.6 Å². The van der Waals surface area contributed by atoms with Gasteiger partial charge in [-0.2, -0.15) is 0 Å². The Labute approximate surface area is 108 Å². The largest absolute Gasteiger partial charge is 0.444 e. The van der Waals surface area contributed by atoms with Gasteiger partial charge in [-0.05, 0) is 32.9 Å². The average molecular weight is 301 g/mol. The fourth-order valence-corrected chi connectivity index (χ4v) is 1.50. The number of carbonyl (C=O) groups is 2. The van der Waals surface area contributed by atoms with Crippen LogP contribution in [0.15, 0.2) is 16.6 Å². The molecular weight excluding hydrogens is 288 g/mol. The fraction of sp³-hybridized carbons (Fsp3) is 0.364. The number of halogens is 1. The number of hydrogen-bond donors (Lipinski definition) is 1. The van der Waals surface area contributed by atoms with E-state index in [-0.39, 0.29) is 11.5 Å². The van der Waals surface area contributed by atoms with Gasteiger partial charge in [0.25, 0.3) is 0 Å². The van der Waals surface area contributed by atoms with Crippen molar-refractivity contribution >= 4 is 34.1 Å². The van der Waals surface area contributed by atoms with Gasteiger partial charge in [-0.3, -0.25) is 10.1 Å². The van der Waals surface area contributed by atoms with Gasteiger partial charge in [0, 0.05) is 4.47 Å². The quantitative estimate of drug-likeness (QED) is 0.853. The summed E-state index contributed by atoms with van der Waals surface area (Å²) in [7, 11) is 0. The third-order valence-corrected chi connectivity index (χ3v) is 2.02. The summed E-state index contributed by atoms with van der Waals surface area (Å²) in [6.07, 6.45) is -0.00894. The minimum absolute atomic E-state index is 0.227. The molecule has 0 aliphatic carbocycles. The van der Waals surface area contributed by atoms with Crippen molar-refractivity contribution in [2.45, 2.75) is 26.4 Å². The molecule has 1 aromatic heterocycles. The molecule has 1 rings (SSSR count). The van der Waals surface area contributed by atoms with Crippen molar-refractivity contribution in [3.8, 4) is 0 Å². The summed E-state index contributed by atoms with van der Waals surface area (Å²) in [5.74, 6) is 0.260. The number of amides is 1. The van der Waals surface area contributed by atoms with E-state index in [0.717, 1.165) is 0 Å². The molecule has 0 aliphatic heterocycles. The maximum Gasteiger partial charge on any atom is 0.413 e. The van der Waals surface area contributed by atoms with Gasteiger partial charge in [0.1, 0.15) is 17.1 Å².